The highest BCUT2D eigenvalue weighted by molar-refractivity contribution is 5.73. The summed E-state index contributed by atoms with van der Waals surface area (Å²) in [5.74, 6) is -1.16. The summed E-state index contributed by atoms with van der Waals surface area (Å²) < 4.78 is 1.65. The van der Waals surface area contributed by atoms with Gasteiger partial charge in [-0.3, -0.25) is 9.52 Å². The first-order chi connectivity index (χ1) is 7.68. The van der Waals surface area contributed by atoms with E-state index in [4.69, 9.17) is 5.11 Å². The molecule has 0 radical (unpaired) electrons. The highest BCUT2D eigenvalue weighted by Crippen LogP contribution is 1.82. The highest BCUT2D eigenvalue weighted by atomic mass is 16.7. The molecule has 3 N–H and O–H groups in total. The van der Waals surface area contributed by atoms with Crippen LogP contribution in [-0.2, 0) is 16.2 Å². The molecule has 0 aliphatic rings. The third-order valence-corrected chi connectivity index (χ3v) is 1.55. The van der Waals surface area contributed by atoms with Gasteiger partial charge in [-0.05, 0) is 6.07 Å². The first kappa shape index (κ1) is 12.0. The Bertz CT molecular complexity index is 338. The van der Waals surface area contributed by atoms with Crippen molar-refractivity contribution in [3.05, 3.63) is 18.5 Å². The molecule has 0 saturated heterocycles. The lowest BCUT2D eigenvalue weighted by molar-refractivity contribution is -0.144. The molecular formula is C8H12N4O4. The molecule has 1 heterocycles. The van der Waals surface area contributed by atoms with Gasteiger partial charge in [0.2, 0.25) is 0 Å². The molecule has 0 fully saturated rings. The number of hydrogen-bond donors (Lipinski definition) is 3. The van der Waals surface area contributed by atoms with Crippen LogP contribution in [-0.4, -0.2) is 40.0 Å². The molecule has 0 unspecified atom stereocenters. The van der Waals surface area contributed by atoms with E-state index in [1.807, 2.05) is 5.48 Å². The van der Waals surface area contributed by atoms with Gasteiger partial charge in [0.05, 0.1) is 6.54 Å². The Morgan fingerprint density at radius 2 is 2.31 bits per heavy atom. The number of carboxylic acid groups (broad SMARTS) is 1. The molecule has 0 aliphatic carbocycles. The third kappa shape index (κ3) is 4.96. The smallest absolute Gasteiger partial charge is 0.338 e. The lowest BCUT2D eigenvalue weighted by Crippen LogP contribution is -2.38. The molecule has 0 bridgehead atoms. The number of carbonyl (C=O) groups is 2. The van der Waals surface area contributed by atoms with Crippen molar-refractivity contribution in [3.8, 4) is 0 Å². The Morgan fingerprint density at radius 1 is 1.50 bits per heavy atom. The van der Waals surface area contributed by atoms with Crippen molar-refractivity contribution in [2.45, 2.75) is 6.54 Å². The fraction of sp³-hybridized carbons (Fsp3) is 0.375. The first-order valence-electron chi connectivity index (χ1n) is 4.53. The van der Waals surface area contributed by atoms with Gasteiger partial charge in [-0.25, -0.2) is 15.1 Å². The maximum atomic E-state index is 11.0. The Kier molecular flexibility index (Phi) is 4.80. The molecule has 1 rings (SSSR count). The molecular weight excluding hydrogens is 216 g/mol. The van der Waals surface area contributed by atoms with Gasteiger partial charge in [0.25, 0.3) is 0 Å². The number of carboxylic acids is 1. The van der Waals surface area contributed by atoms with E-state index in [-0.39, 0.29) is 0 Å². The van der Waals surface area contributed by atoms with Gasteiger partial charge in [-0.1, -0.05) is 0 Å². The normalized spacial score (nSPS) is 9.75. The van der Waals surface area contributed by atoms with Crippen molar-refractivity contribution in [1.29, 1.82) is 0 Å². The maximum Gasteiger partial charge on any atom is 0.338 e. The largest absolute Gasteiger partial charge is 0.479 e. The average Bonchev–Trinajstić information content (AvgIpc) is 2.70. The van der Waals surface area contributed by atoms with E-state index in [0.29, 0.717) is 13.1 Å². The van der Waals surface area contributed by atoms with E-state index >= 15 is 0 Å². The Labute approximate surface area is 91.1 Å². The quantitative estimate of drug-likeness (QED) is 0.553. The summed E-state index contributed by atoms with van der Waals surface area (Å²) >= 11 is 0. The van der Waals surface area contributed by atoms with Crippen LogP contribution in [0.1, 0.15) is 0 Å². The number of nitrogens with one attached hydrogen (secondary N) is 2. The van der Waals surface area contributed by atoms with Crippen molar-refractivity contribution in [1.82, 2.24) is 20.6 Å². The van der Waals surface area contributed by atoms with Crippen LogP contribution in [0, 0.1) is 0 Å². The van der Waals surface area contributed by atoms with Crippen molar-refractivity contribution >= 4 is 12.0 Å². The molecule has 16 heavy (non-hydrogen) atoms. The second-order valence-electron chi connectivity index (χ2n) is 2.81. The number of rotatable bonds is 6. The molecule has 1 aromatic rings. The van der Waals surface area contributed by atoms with Crippen LogP contribution >= 0.6 is 0 Å². The summed E-state index contributed by atoms with van der Waals surface area (Å²) in [5, 5.41) is 14.6. The van der Waals surface area contributed by atoms with E-state index in [2.05, 4.69) is 15.3 Å². The molecule has 2 amide bonds. The van der Waals surface area contributed by atoms with Crippen LogP contribution in [0.15, 0.2) is 18.5 Å². The fourth-order valence-corrected chi connectivity index (χ4v) is 0.916. The van der Waals surface area contributed by atoms with Gasteiger partial charge in [-0.2, -0.15) is 5.10 Å². The summed E-state index contributed by atoms with van der Waals surface area (Å²) in [6, 6.07) is 1.18. The Balaban J connectivity index is 2.04. The SMILES string of the molecule is O=C(O)CONC(=O)NCCn1cccn1. The first-order valence-corrected chi connectivity index (χ1v) is 4.53. The number of urea groups is 1. The van der Waals surface area contributed by atoms with Crippen molar-refractivity contribution in [3.63, 3.8) is 0 Å². The van der Waals surface area contributed by atoms with Crippen LogP contribution in [0.5, 0.6) is 0 Å². The van der Waals surface area contributed by atoms with Gasteiger partial charge >= 0.3 is 12.0 Å². The number of hydroxylamine groups is 1. The standard InChI is InChI=1S/C8H12N4O4/c13-7(14)6-16-11-8(15)9-3-5-12-4-1-2-10-12/h1-2,4H,3,5-6H2,(H,13,14)(H2,9,11,15). The molecule has 0 aromatic carbocycles. The van der Waals surface area contributed by atoms with Gasteiger partial charge in [0, 0.05) is 18.9 Å². The molecule has 1 aromatic heterocycles. The van der Waals surface area contributed by atoms with Crippen LogP contribution in [0.25, 0.3) is 0 Å². The minimum Gasteiger partial charge on any atom is -0.479 e. The number of aromatic nitrogens is 2. The van der Waals surface area contributed by atoms with Crippen molar-refractivity contribution in [2.24, 2.45) is 0 Å². The third-order valence-electron chi connectivity index (χ3n) is 1.55. The molecule has 0 atom stereocenters. The minimum absolute atomic E-state index is 0.365. The van der Waals surface area contributed by atoms with Crippen LogP contribution in [0.2, 0.25) is 0 Å². The van der Waals surface area contributed by atoms with Gasteiger partial charge in [-0.15, -0.1) is 0 Å². The van der Waals surface area contributed by atoms with Crippen molar-refractivity contribution in [2.75, 3.05) is 13.2 Å². The molecule has 8 nitrogen and oxygen atoms in total. The zero-order chi connectivity index (χ0) is 11.8. The summed E-state index contributed by atoms with van der Waals surface area (Å²) in [6.07, 6.45) is 3.40. The summed E-state index contributed by atoms with van der Waals surface area (Å²) in [5.41, 5.74) is 1.93. The van der Waals surface area contributed by atoms with Gasteiger partial charge < -0.3 is 10.4 Å². The van der Waals surface area contributed by atoms with Crippen LogP contribution in [0.4, 0.5) is 4.79 Å². The number of aliphatic carboxylic acids is 1. The second-order valence-corrected chi connectivity index (χ2v) is 2.81. The number of amides is 2. The summed E-state index contributed by atoms with van der Waals surface area (Å²) in [6.45, 7) is 0.315. The maximum absolute atomic E-state index is 11.0. The summed E-state index contributed by atoms with van der Waals surface area (Å²) in [4.78, 5) is 25.4. The van der Waals surface area contributed by atoms with Crippen LogP contribution < -0.4 is 10.8 Å². The van der Waals surface area contributed by atoms with Gasteiger partial charge in [0.1, 0.15) is 0 Å². The van der Waals surface area contributed by atoms with E-state index in [9.17, 15) is 9.59 Å². The predicted octanol–water partition coefficient (Wildman–Crippen LogP) is -0.801. The average molecular weight is 228 g/mol. The van der Waals surface area contributed by atoms with Crippen LogP contribution in [0.3, 0.4) is 0 Å². The Morgan fingerprint density at radius 3 is 2.94 bits per heavy atom. The lowest BCUT2D eigenvalue weighted by Gasteiger charge is -2.06. The topological polar surface area (TPSA) is 105 Å². The summed E-state index contributed by atoms with van der Waals surface area (Å²) in [7, 11) is 0. The van der Waals surface area contributed by atoms with Crippen molar-refractivity contribution < 1.29 is 19.5 Å². The molecule has 8 heteroatoms. The zero-order valence-corrected chi connectivity index (χ0v) is 8.42. The predicted molar refractivity (Wildman–Crippen MR) is 52.3 cm³/mol. The number of carbonyl (C=O) groups excluding carboxylic acids is 1. The zero-order valence-electron chi connectivity index (χ0n) is 8.42. The number of nitrogens with zero attached hydrogens (tertiary/aromatic N) is 2. The van der Waals surface area contributed by atoms with E-state index in [1.54, 1.807) is 23.1 Å². The molecule has 88 valence electrons. The van der Waals surface area contributed by atoms with Gasteiger partial charge in [0.15, 0.2) is 6.61 Å². The van der Waals surface area contributed by atoms with E-state index in [0.717, 1.165) is 0 Å². The van der Waals surface area contributed by atoms with E-state index in [1.165, 1.54) is 0 Å². The minimum atomic E-state index is -1.16. The number of hydrogen-bond acceptors (Lipinski definition) is 4. The fourth-order valence-electron chi connectivity index (χ4n) is 0.916. The second kappa shape index (κ2) is 6.40. The molecule has 0 saturated carbocycles. The monoisotopic (exact) mass is 228 g/mol. The van der Waals surface area contributed by atoms with E-state index < -0.39 is 18.6 Å². The molecule has 0 aliphatic heterocycles. The Hall–Kier alpha value is -2.09. The highest BCUT2D eigenvalue weighted by Gasteiger charge is 2.01. The molecule has 0 spiro atoms. The lowest BCUT2D eigenvalue weighted by atomic mass is 10.6.